The van der Waals surface area contributed by atoms with Gasteiger partial charge in [0, 0.05) is 29.5 Å². The van der Waals surface area contributed by atoms with E-state index in [0.29, 0.717) is 13.1 Å². The summed E-state index contributed by atoms with van der Waals surface area (Å²) in [4.78, 5) is 11.5. The predicted octanol–water partition coefficient (Wildman–Crippen LogP) is 3.87. The minimum absolute atomic E-state index is 0.276. The molecular weight excluding hydrogens is 292 g/mol. The minimum Gasteiger partial charge on any atom is -0.507 e. The molecule has 0 unspecified atom stereocenters. The molecule has 5 nitrogen and oxygen atoms in total. The van der Waals surface area contributed by atoms with Crippen molar-refractivity contribution in [1.82, 2.24) is 5.32 Å². The smallest absolute Gasteiger partial charge is 0.407 e. The van der Waals surface area contributed by atoms with E-state index >= 15 is 0 Å². The molecule has 2 aromatic carbocycles. The van der Waals surface area contributed by atoms with Crippen LogP contribution in [-0.2, 0) is 4.74 Å². The van der Waals surface area contributed by atoms with Crippen molar-refractivity contribution >= 4 is 22.6 Å². The van der Waals surface area contributed by atoms with Crippen molar-refractivity contribution in [3.05, 3.63) is 36.4 Å². The third kappa shape index (κ3) is 5.06. The van der Waals surface area contributed by atoms with Crippen LogP contribution in [0, 0.1) is 0 Å². The highest BCUT2D eigenvalue weighted by Crippen LogP contribution is 2.30. The summed E-state index contributed by atoms with van der Waals surface area (Å²) < 4.78 is 5.18. The first-order valence-corrected chi connectivity index (χ1v) is 7.78. The number of ether oxygens (including phenoxy) is 1. The van der Waals surface area contributed by atoms with Gasteiger partial charge in [-0.1, -0.05) is 24.3 Å². The number of carbonyl (C=O) groups is 1. The van der Waals surface area contributed by atoms with Crippen LogP contribution < -0.4 is 10.6 Å². The number of phenols is 1. The fourth-order valence-corrected chi connectivity index (χ4v) is 2.25. The summed E-state index contributed by atoms with van der Waals surface area (Å²) in [5.74, 6) is 0.276. The van der Waals surface area contributed by atoms with Crippen molar-refractivity contribution in [3.8, 4) is 5.75 Å². The Morgan fingerprint density at radius 2 is 1.78 bits per heavy atom. The van der Waals surface area contributed by atoms with Gasteiger partial charge >= 0.3 is 6.09 Å². The second-order valence-electron chi connectivity index (χ2n) is 6.39. The maximum atomic E-state index is 11.5. The molecule has 3 N–H and O–H groups in total. The molecule has 1 amide bonds. The van der Waals surface area contributed by atoms with Crippen molar-refractivity contribution in [3.63, 3.8) is 0 Å². The second kappa shape index (κ2) is 7.22. The summed E-state index contributed by atoms with van der Waals surface area (Å²) in [6.07, 6.45) is 0.377. The lowest BCUT2D eigenvalue weighted by molar-refractivity contribution is 0.0528. The Morgan fingerprint density at radius 3 is 2.48 bits per heavy atom. The summed E-state index contributed by atoms with van der Waals surface area (Å²) in [7, 11) is 0. The van der Waals surface area contributed by atoms with Crippen molar-refractivity contribution in [2.75, 3.05) is 18.4 Å². The number of benzene rings is 2. The molecule has 0 aliphatic carbocycles. The molecule has 0 atom stereocenters. The molecule has 0 radical (unpaired) electrons. The summed E-state index contributed by atoms with van der Waals surface area (Å²) in [5.41, 5.74) is 0.489. The Labute approximate surface area is 136 Å². The molecule has 2 aromatic rings. The molecule has 2 rings (SSSR count). The zero-order chi connectivity index (χ0) is 16.9. The van der Waals surface area contributed by atoms with Crippen molar-refractivity contribution < 1.29 is 14.6 Å². The van der Waals surface area contributed by atoms with Crippen LogP contribution in [0.5, 0.6) is 5.75 Å². The largest absolute Gasteiger partial charge is 0.507 e. The maximum absolute atomic E-state index is 11.5. The Kier molecular flexibility index (Phi) is 5.32. The Balaban J connectivity index is 1.81. The molecule has 0 aliphatic rings. The SMILES string of the molecule is CC(C)(C)OC(=O)NCCCNc1ccc(O)c2ccccc12. The molecule has 23 heavy (non-hydrogen) atoms. The third-order valence-corrected chi connectivity index (χ3v) is 3.24. The molecule has 124 valence electrons. The fraction of sp³-hybridized carbons (Fsp3) is 0.389. The lowest BCUT2D eigenvalue weighted by Crippen LogP contribution is -2.33. The van der Waals surface area contributed by atoms with E-state index in [1.54, 1.807) is 6.07 Å². The first-order chi connectivity index (χ1) is 10.9. The Bertz CT molecular complexity index is 678. The van der Waals surface area contributed by atoms with Crippen LogP contribution in [0.2, 0.25) is 0 Å². The number of amides is 1. The predicted molar refractivity (Wildman–Crippen MR) is 93.0 cm³/mol. The number of anilines is 1. The summed E-state index contributed by atoms with van der Waals surface area (Å²) in [5, 5.41) is 17.7. The number of aromatic hydroxyl groups is 1. The zero-order valence-corrected chi connectivity index (χ0v) is 13.8. The van der Waals surface area contributed by atoms with E-state index in [-0.39, 0.29) is 5.75 Å². The highest BCUT2D eigenvalue weighted by molar-refractivity contribution is 5.97. The number of phenolic OH excluding ortho intramolecular Hbond substituents is 1. The van der Waals surface area contributed by atoms with Crippen LogP contribution in [0.4, 0.5) is 10.5 Å². The standard InChI is InChI=1S/C18H24N2O3/c1-18(2,3)23-17(22)20-12-6-11-19-15-9-10-16(21)14-8-5-4-7-13(14)15/h4-5,7-10,19,21H,6,11-12H2,1-3H3,(H,20,22). The molecule has 0 spiro atoms. The maximum Gasteiger partial charge on any atom is 0.407 e. The average Bonchev–Trinajstić information content (AvgIpc) is 2.47. The van der Waals surface area contributed by atoms with Crippen molar-refractivity contribution in [2.24, 2.45) is 0 Å². The zero-order valence-electron chi connectivity index (χ0n) is 13.8. The fourth-order valence-electron chi connectivity index (χ4n) is 2.25. The van der Waals surface area contributed by atoms with Gasteiger partial charge in [0.25, 0.3) is 0 Å². The van der Waals surface area contributed by atoms with Crippen LogP contribution in [0.15, 0.2) is 36.4 Å². The van der Waals surface area contributed by atoms with Gasteiger partial charge in [-0.2, -0.15) is 0 Å². The van der Waals surface area contributed by atoms with Crippen LogP contribution in [0.25, 0.3) is 10.8 Å². The van der Waals surface area contributed by atoms with Gasteiger partial charge in [0.05, 0.1) is 0 Å². The molecule has 0 bridgehead atoms. The van der Waals surface area contributed by atoms with Crippen LogP contribution in [0.1, 0.15) is 27.2 Å². The minimum atomic E-state index is -0.479. The quantitative estimate of drug-likeness (QED) is 0.578. The second-order valence-corrected chi connectivity index (χ2v) is 6.39. The van der Waals surface area contributed by atoms with Crippen LogP contribution in [-0.4, -0.2) is 29.9 Å². The average molecular weight is 316 g/mol. The molecule has 0 fully saturated rings. The molecular formula is C18H24N2O3. The van der Waals surface area contributed by atoms with E-state index in [9.17, 15) is 9.90 Å². The number of carbonyl (C=O) groups excluding carboxylic acids is 1. The van der Waals surface area contributed by atoms with Gasteiger partial charge in [0.1, 0.15) is 11.4 Å². The van der Waals surface area contributed by atoms with Gasteiger partial charge in [-0.25, -0.2) is 4.79 Å². The normalized spacial score (nSPS) is 11.3. The first kappa shape index (κ1) is 16.9. The van der Waals surface area contributed by atoms with E-state index in [2.05, 4.69) is 10.6 Å². The van der Waals surface area contributed by atoms with Gasteiger partial charge in [-0.3, -0.25) is 0 Å². The summed E-state index contributed by atoms with van der Waals surface area (Å²) in [6.45, 7) is 6.76. The highest BCUT2D eigenvalue weighted by Gasteiger charge is 2.15. The van der Waals surface area contributed by atoms with E-state index < -0.39 is 11.7 Å². The number of hydrogen-bond donors (Lipinski definition) is 3. The van der Waals surface area contributed by atoms with Gasteiger partial charge < -0.3 is 20.5 Å². The number of hydrogen-bond acceptors (Lipinski definition) is 4. The third-order valence-electron chi connectivity index (χ3n) is 3.24. The summed E-state index contributed by atoms with van der Waals surface area (Å²) >= 11 is 0. The lowest BCUT2D eigenvalue weighted by Gasteiger charge is -2.19. The summed E-state index contributed by atoms with van der Waals surface area (Å²) in [6, 6.07) is 11.2. The lowest BCUT2D eigenvalue weighted by atomic mass is 10.1. The molecule has 0 saturated heterocycles. The number of nitrogens with one attached hydrogen (secondary N) is 2. The van der Waals surface area contributed by atoms with E-state index in [0.717, 1.165) is 22.9 Å². The monoisotopic (exact) mass is 316 g/mol. The van der Waals surface area contributed by atoms with E-state index in [1.165, 1.54) is 0 Å². The van der Waals surface area contributed by atoms with E-state index in [1.807, 2.05) is 51.1 Å². The Hall–Kier alpha value is -2.43. The van der Waals surface area contributed by atoms with Gasteiger partial charge in [-0.05, 0) is 39.3 Å². The van der Waals surface area contributed by atoms with E-state index in [4.69, 9.17) is 4.74 Å². The van der Waals surface area contributed by atoms with Gasteiger partial charge in [0.15, 0.2) is 0 Å². The molecule has 0 aromatic heterocycles. The topological polar surface area (TPSA) is 70.6 Å². The first-order valence-electron chi connectivity index (χ1n) is 7.78. The number of rotatable bonds is 5. The Morgan fingerprint density at radius 1 is 1.09 bits per heavy atom. The van der Waals surface area contributed by atoms with Crippen molar-refractivity contribution in [1.29, 1.82) is 0 Å². The molecule has 0 aliphatic heterocycles. The molecule has 0 saturated carbocycles. The number of fused-ring (bicyclic) bond motifs is 1. The van der Waals surface area contributed by atoms with Gasteiger partial charge in [-0.15, -0.1) is 0 Å². The molecule has 5 heteroatoms. The van der Waals surface area contributed by atoms with Crippen molar-refractivity contribution in [2.45, 2.75) is 32.8 Å². The van der Waals surface area contributed by atoms with Crippen LogP contribution in [0.3, 0.4) is 0 Å². The van der Waals surface area contributed by atoms with Crippen LogP contribution >= 0.6 is 0 Å². The highest BCUT2D eigenvalue weighted by atomic mass is 16.6. The number of alkyl carbamates (subject to hydrolysis) is 1. The molecule has 0 heterocycles. The van der Waals surface area contributed by atoms with Gasteiger partial charge in [0.2, 0.25) is 0 Å².